The van der Waals surface area contributed by atoms with Crippen LogP contribution < -0.4 is 10.6 Å². The second-order valence-electron chi connectivity index (χ2n) is 6.43. The van der Waals surface area contributed by atoms with Crippen molar-refractivity contribution in [2.75, 3.05) is 10.6 Å². The van der Waals surface area contributed by atoms with Crippen LogP contribution in [0.15, 0.2) is 36.5 Å². The SMILES string of the molecule is CC(=O)Nc1ccc(CC(=O)O[C@@H](C)C(=O)Nc2ccnn2C(C)C)cc1. The van der Waals surface area contributed by atoms with E-state index in [0.717, 1.165) is 5.56 Å². The Bertz CT molecular complexity index is 811. The van der Waals surface area contributed by atoms with Crippen LogP contribution in [0.25, 0.3) is 0 Å². The van der Waals surface area contributed by atoms with Crippen molar-refractivity contribution in [2.24, 2.45) is 0 Å². The Hall–Kier alpha value is -3.16. The molecule has 2 amide bonds. The zero-order valence-corrected chi connectivity index (χ0v) is 15.9. The number of carbonyl (C=O) groups excluding carboxylic acids is 3. The Kier molecular flexibility index (Phi) is 6.70. The zero-order valence-electron chi connectivity index (χ0n) is 15.9. The van der Waals surface area contributed by atoms with E-state index in [1.165, 1.54) is 13.8 Å². The Morgan fingerprint density at radius 3 is 2.33 bits per heavy atom. The second kappa shape index (κ2) is 8.98. The normalized spacial score (nSPS) is 11.7. The molecule has 0 bridgehead atoms. The van der Waals surface area contributed by atoms with E-state index in [0.29, 0.717) is 11.5 Å². The summed E-state index contributed by atoms with van der Waals surface area (Å²) < 4.78 is 6.88. The lowest BCUT2D eigenvalue weighted by Crippen LogP contribution is -2.31. The van der Waals surface area contributed by atoms with E-state index >= 15 is 0 Å². The van der Waals surface area contributed by atoms with Crippen LogP contribution in [-0.4, -0.2) is 33.7 Å². The molecule has 8 heteroatoms. The second-order valence-corrected chi connectivity index (χ2v) is 6.43. The van der Waals surface area contributed by atoms with Crippen molar-refractivity contribution in [3.8, 4) is 0 Å². The van der Waals surface area contributed by atoms with Crippen LogP contribution in [0, 0.1) is 0 Å². The standard InChI is InChI=1S/C19H24N4O4/c1-12(2)23-17(9-10-20-23)22-19(26)13(3)27-18(25)11-15-5-7-16(8-6-15)21-14(4)24/h5-10,12-13H,11H2,1-4H3,(H,21,24)(H,22,26)/t13-/m0/s1. The van der Waals surface area contributed by atoms with Gasteiger partial charge in [0.1, 0.15) is 5.82 Å². The zero-order chi connectivity index (χ0) is 20.0. The maximum absolute atomic E-state index is 12.3. The number of hydrogen-bond donors (Lipinski definition) is 2. The maximum atomic E-state index is 12.3. The molecule has 144 valence electrons. The molecule has 0 spiro atoms. The van der Waals surface area contributed by atoms with E-state index in [2.05, 4.69) is 15.7 Å². The van der Waals surface area contributed by atoms with Gasteiger partial charge in [-0.2, -0.15) is 5.10 Å². The van der Waals surface area contributed by atoms with Gasteiger partial charge >= 0.3 is 5.97 Å². The first-order valence-electron chi connectivity index (χ1n) is 8.66. The van der Waals surface area contributed by atoms with Gasteiger partial charge in [0.05, 0.1) is 12.6 Å². The third kappa shape index (κ3) is 5.95. The van der Waals surface area contributed by atoms with Gasteiger partial charge in [0.2, 0.25) is 5.91 Å². The van der Waals surface area contributed by atoms with Crippen molar-refractivity contribution in [1.82, 2.24) is 9.78 Å². The number of amides is 2. The van der Waals surface area contributed by atoms with Crippen LogP contribution in [0.2, 0.25) is 0 Å². The van der Waals surface area contributed by atoms with Crippen LogP contribution in [0.4, 0.5) is 11.5 Å². The highest BCUT2D eigenvalue weighted by atomic mass is 16.5. The first-order chi connectivity index (χ1) is 12.8. The molecule has 0 saturated carbocycles. The van der Waals surface area contributed by atoms with Gasteiger partial charge in [0.15, 0.2) is 6.10 Å². The van der Waals surface area contributed by atoms with E-state index in [1.54, 1.807) is 41.2 Å². The highest BCUT2D eigenvalue weighted by Gasteiger charge is 2.20. The number of carbonyl (C=O) groups is 3. The third-order valence-electron chi connectivity index (χ3n) is 3.71. The molecule has 0 unspecified atom stereocenters. The van der Waals surface area contributed by atoms with Gasteiger partial charge in [-0.25, -0.2) is 4.68 Å². The first-order valence-corrected chi connectivity index (χ1v) is 8.66. The molecule has 0 radical (unpaired) electrons. The van der Waals surface area contributed by atoms with Crippen LogP contribution in [0.3, 0.4) is 0 Å². The van der Waals surface area contributed by atoms with E-state index in [4.69, 9.17) is 4.74 Å². The average Bonchev–Trinajstić information content (AvgIpc) is 3.04. The minimum atomic E-state index is -0.938. The molecule has 2 aromatic rings. The highest BCUT2D eigenvalue weighted by molar-refractivity contribution is 5.94. The minimum Gasteiger partial charge on any atom is -0.452 e. The van der Waals surface area contributed by atoms with Gasteiger partial charge < -0.3 is 15.4 Å². The van der Waals surface area contributed by atoms with Gasteiger partial charge in [-0.15, -0.1) is 0 Å². The fraction of sp³-hybridized carbons (Fsp3) is 0.368. The summed E-state index contributed by atoms with van der Waals surface area (Å²) in [7, 11) is 0. The molecule has 0 aliphatic heterocycles. The van der Waals surface area contributed by atoms with Crippen molar-refractivity contribution in [1.29, 1.82) is 0 Å². The number of nitrogens with zero attached hydrogens (tertiary/aromatic N) is 2. The van der Waals surface area contributed by atoms with Crippen molar-refractivity contribution >= 4 is 29.3 Å². The Morgan fingerprint density at radius 1 is 1.07 bits per heavy atom. The number of aromatic nitrogens is 2. The Labute approximate surface area is 157 Å². The Balaban J connectivity index is 1.88. The number of ether oxygens (including phenoxy) is 1. The summed E-state index contributed by atoms with van der Waals surface area (Å²) in [6, 6.07) is 8.62. The van der Waals surface area contributed by atoms with Crippen molar-refractivity contribution in [3.05, 3.63) is 42.1 Å². The number of benzene rings is 1. The fourth-order valence-corrected chi connectivity index (χ4v) is 2.42. The lowest BCUT2D eigenvalue weighted by Gasteiger charge is -2.15. The van der Waals surface area contributed by atoms with Gasteiger partial charge in [-0.3, -0.25) is 14.4 Å². The maximum Gasteiger partial charge on any atom is 0.311 e. The summed E-state index contributed by atoms with van der Waals surface area (Å²) in [6.45, 7) is 6.83. The lowest BCUT2D eigenvalue weighted by molar-refractivity contribution is -0.152. The molecule has 2 N–H and O–H groups in total. The quantitative estimate of drug-likeness (QED) is 0.727. The van der Waals surface area contributed by atoms with Crippen molar-refractivity contribution < 1.29 is 19.1 Å². The summed E-state index contributed by atoms with van der Waals surface area (Å²) in [5.41, 5.74) is 1.37. The minimum absolute atomic E-state index is 0.0297. The van der Waals surface area contributed by atoms with E-state index in [9.17, 15) is 14.4 Å². The molecule has 8 nitrogen and oxygen atoms in total. The van der Waals surface area contributed by atoms with Crippen LogP contribution in [0.5, 0.6) is 0 Å². The van der Waals surface area contributed by atoms with Crippen molar-refractivity contribution in [3.63, 3.8) is 0 Å². The summed E-state index contributed by atoms with van der Waals surface area (Å²) in [5, 5.41) is 9.50. The van der Waals surface area contributed by atoms with Crippen LogP contribution in [-0.2, 0) is 25.5 Å². The van der Waals surface area contributed by atoms with Crippen molar-refractivity contribution in [2.45, 2.75) is 46.3 Å². The Morgan fingerprint density at radius 2 is 1.74 bits per heavy atom. The van der Waals surface area contributed by atoms with E-state index in [1.807, 2.05) is 13.8 Å². The molecule has 2 rings (SSSR count). The number of hydrogen-bond acceptors (Lipinski definition) is 5. The monoisotopic (exact) mass is 372 g/mol. The highest BCUT2D eigenvalue weighted by Crippen LogP contribution is 2.14. The van der Waals surface area contributed by atoms with Gasteiger partial charge in [-0.05, 0) is 38.5 Å². The molecule has 0 aliphatic carbocycles. The molecular formula is C19H24N4O4. The third-order valence-corrected chi connectivity index (χ3v) is 3.71. The van der Waals surface area contributed by atoms with Gasteiger partial charge in [-0.1, -0.05) is 12.1 Å². The lowest BCUT2D eigenvalue weighted by atomic mass is 10.1. The summed E-state index contributed by atoms with van der Waals surface area (Å²) in [4.78, 5) is 35.3. The summed E-state index contributed by atoms with van der Waals surface area (Å²) in [5.74, 6) is -0.554. The molecule has 1 aromatic heterocycles. The topological polar surface area (TPSA) is 102 Å². The molecule has 0 fully saturated rings. The first kappa shape index (κ1) is 20.2. The largest absolute Gasteiger partial charge is 0.452 e. The van der Waals surface area contributed by atoms with Crippen LogP contribution >= 0.6 is 0 Å². The van der Waals surface area contributed by atoms with E-state index < -0.39 is 18.0 Å². The molecule has 1 atom stereocenters. The number of nitrogens with one attached hydrogen (secondary N) is 2. The smallest absolute Gasteiger partial charge is 0.311 e. The van der Waals surface area contributed by atoms with Gasteiger partial charge in [0, 0.05) is 24.7 Å². The summed E-state index contributed by atoms with van der Waals surface area (Å²) in [6.07, 6.45) is 0.686. The molecule has 1 aromatic carbocycles. The molecule has 0 aliphatic rings. The molecule has 1 heterocycles. The predicted molar refractivity (Wildman–Crippen MR) is 101 cm³/mol. The number of anilines is 2. The molecular weight excluding hydrogens is 348 g/mol. The fourth-order valence-electron chi connectivity index (χ4n) is 2.42. The van der Waals surface area contributed by atoms with E-state index in [-0.39, 0.29) is 18.4 Å². The number of rotatable bonds is 7. The van der Waals surface area contributed by atoms with Crippen LogP contribution in [0.1, 0.15) is 39.3 Å². The summed E-state index contributed by atoms with van der Waals surface area (Å²) >= 11 is 0. The number of esters is 1. The predicted octanol–water partition coefficient (Wildman–Crippen LogP) is 2.54. The molecule has 27 heavy (non-hydrogen) atoms. The average molecular weight is 372 g/mol. The van der Waals surface area contributed by atoms with Gasteiger partial charge in [0.25, 0.3) is 5.91 Å². The molecule has 0 saturated heterocycles.